The van der Waals surface area contributed by atoms with E-state index >= 15 is 0 Å². The molecule has 0 spiro atoms. The van der Waals surface area contributed by atoms with Crippen LogP contribution in [-0.2, 0) is 11.2 Å². The minimum atomic E-state index is -0.242. The molecule has 0 bridgehead atoms. The van der Waals surface area contributed by atoms with Gasteiger partial charge in [0.2, 0.25) is 0 Å². The van der Waals surface area contributed by atoms with E-state index in [1.165, 1.54) is 6.07 Å². The number of benzene rings is 1. The SMILES string of the molecule is Fc1ccccc1-c1cnc(CC2CNCCO2)[nH]1. The largest absolute Gasteiger partial charge is 0.375 e. The lowest BCUT2D eigenvalue weighted by molar-refractivity contribution is 0.0281. The Kier molecular flexibility index (Phi) is 3.57. The monoisotopic (exact) mass is 261 g/mol. The highest BCUT2D eigenvalue weighted by Crippen LogP contribution is 2.20. The highest BCUT2D eigenvalue weighted by Gasteiger charge is 2.16. The minimum Gasteiger partial charge on any atom is -0.375 e. The zero-order valence-corrected chi connectivity index (χ0v) is 10.5. The molecule has 0 amide bonds. The van der Waals surface area contributed by atoms with Crippen LogP contribution in [0.3, 0.4) is 0 Å². The maximum absolute atomic E-state index is 13.7. The van der Waals surface area contributed by atoms with Crippen LogP contribution in [0.15, 0.2) is 30.5 Å². The van der Waals surface area contributed by atoms with E-state index in [4.69, 9.17) is 4.74 Å². The number of rotatable bonds is 3. The molecule has 0 radical (unpaired) electrons. The molecular weight excluding hydrogens is 245 g/mol. The summed E-state index contributed by atoms with van der Waals surface area (Å²) >= 11 is 0. The van der Waals surface area contributed by atoms with Gasteiger partial charge in [-0.15, -0.1) is 0 Å². The number of morpholine rings is 1. The topological polar surface area (TPSA) is 49.9 Å². The number of aromatic nitrogens is 2. The molecule has 4 nitrogen and oxygen atoms in total. The van der Waals surface area contributed by atoms with Gasteiger partial charge in [0.1, 0.15) is 11.6 Å². The zero-order valence-electron chi connectivity index (χ0n) is 10.5. The van der Waals surface area contributed by atoms with Crippen molar-refractivity contribution in [2.45, 2.75) is 12.5 Å². The quantitative estimate of drug-likeness (QED) is 0.885. The molecule has 2 heterocycles. The van der Waals surface area contributed by atoms with Crippen molar-refractivity contribution in [3.05, 3.63) is 42.1 Å². The summed E-state index contributed by atoms with van der Waals surface area (Å²) in [5.41, 5.74) is 1.25. The van der Waals surface area contributed by atoms with E-state index in [-0.39, 0.29) is 11.9 Å². The number of H-pyrrole nitrogens is 1. The maximum atomic E-state index is 13.7. The molecule has 3 rings (SSSR count). The van der Waals surface area contributed by atoms with Crippen LogP contribution >= 0.6 is 0 Å². The molecule has 1 saturated heterocycles. The number of nitrogens with zero attached hydrogens (tertiary/aromatic N) is 1. The van der Waals surface area contributed by atoms with Crippen molar-refractivity contribution in [2.75, 3.05) is 19.7 Å². The predicted octanol–water partition coefficient (Wildman–Crippen LogP) is 1.75. The molecule has 1 fully saturated rings. The zero-order chi connectivity index (χ0) is 13.1. The Hall–Kier alpha value is -1.72. The lowest BCUT2D eigenvalue weighted by atomic mass is 10.1. The van der Waals surface area contributed by atoms with Gasteiger partial charge in [0.15, 0.2) is 0 Å². The van der Waals surface area contributed by atoms with Gasteiger partial charge in [0, 0.05) is 25.1 Å². The van der Waals surface area contributed by atoms with Crippen molar-refractivity contribution in [3.63, 3.8) is 0 Å². The van der Waals surface area contributed by atoms with Crippen LogP contribution in [0.5, 0.6) is 0 Å². The Morgan fingerprint density at radius 1 is 1.37 bits per heavy atom. The van der Waals surface area contributed by atoms with E-state index in [1.807, 2.05) is 6.07 Å². The Balaban J connectivity index is 1.74. The molecule has 2 aromatic rings. The highest BCUT2D eigenvalue weighted by atomic mass is 19.1. The molecule has 2 N–H and O–H groups in total. The average Bonchev–Trinajstić information content (AvgIpc) is 2.89. The summed E-state index contributed by atoms with van der Waals surface area (Å²) in [5.74, 6) is 0.584. The van der Waals surface area contributed by atoms with Crippen molar-refractivity contribution in [1.29, 1.82) is 0 Å². The Bertz CT molecular complexity index is 549. The number of imidazole rings is 1. The van der Waals surface area contributed by atoms with Crippen LogP contribution in [0.1, 0.15) is 5.82 Å². The van der Waals surface area contributed by atoms with Gasteiger partial charge in [0.25, 0.3) is 0 Å². The third kappa shape index (κ3) is 2.83. The van der Waals surface area contributed by atoms with E-state index < -0.39 is 0 Å². The molecule has 0 aliphatic carbocycles. The molecule has 1 aromatic carbocycles. The average molecular weight is 261 g/mol. The van der Waals surface area contributed by atoms with E-state index in [1.54, 1.807) is 18.3 Å². The number of halogens is 1. The van der Waals surface area contributed by atoms with Crippen LogP contribution in [0.4, 0.5) is 4.39 Å². The molecular formula is C14H16FN3O. The number of aromatic amines is 1. The Morgan fingerprint density at radius 3 is 3.05 bits per heavy atom. The van der Waals surface area contributed by atoms with Crippen molar-refractivity contribution in [2.24, 2.45) is 0 Å². The Morgan fingerprint density at radius 2 is 2.26 bits per heavy atom. The maximum Gasteiger partial charge on any atom is 0.132 e. The fourth-order valence-electron chi connectivity index (χ4n) is 2.25. The predicted molar refractivity (Wildman–Crippen MR) is 70.3 cm³/mol. The number of nitrogens with one attached hydrogen (secondary N) is 2. The van der Waals surface area contributed by atoms with E-state index in [0.717, 1.165) is 25.5 Å². The van der Waals surface area contributed by atoms with Gasteiger partial charge in [-0.25, -0.2) is 9.37 Å². The summed E-state index contributed by atoms with van der Waals surface area (Å²) in [6, 6.07) is 6.68. The van der Waals surface area contributed by atoms with Crippen LogP contribution in [0.25, 0.3) is 11.3 Å². The van der Waals surface area contributed by atoms with Crippen molar-refractivity contribution in [3.8, 4) is 11.3 Å². The second-order valence-corrected chi connectivity index (χ2v) is 4.62. The summed E-state index contributed by atoms with van der Waals surface area (Å²) in [6.45, 7) is 2.45. The lowest BCUT2D eigenvalue weighted by Gasteiger charge is -2.22. The number of ether oxygens (including phenoxy) is 1. The first kappa shape index (κ1) is 12.3. The van der Waals surface area contributed by atoms with E-state index in [9.17, 15) is 4.39 Å². The van der Waals surface area contributed by atoms with Gasteiger partial charge in [-0.05, 0) is 12.1 Å². The van der Waals surface area contributed by atoms with E-state index in [2.05, 4.69) is 15.3 Å². The first-order valence-corrected chi connectivity index (χ1v) is 6.44. The van der Waals surface area contributed by atoms with Crippen molar-refractivity contribution < 1.29 is 9.13 Å². The van der Waals surface area contributed by atoms with Gasteiger partial charge < -0.3 is 15.0 Å². The highest BCUT2D eigenvalue weighted by molar-refractivity contribution is 5.59. The fraction of sp³-hybridized carbons (Fsp3) is 0.357. The summed E-state index contributed by atoms with van der Waals surface area (Å²) in [6.07, 6.45) is 2.51. The third-order valence-electron chi connectivity index (χ3n) is 3.22. The van der Waals surface area contributed by atoms with Gasteiger partial charge >= 0.3 is 0 Å². The van der Waals surface area contributed by atoms with Crippen LogP contribution in [0, 0.1) is 5.82 Å². The summed E-state index contributed by atoms with van der Waals surface area (Å²) < 4.78 is 19.3. The fourth-order valence-corrected chi connectivity index (χ4v) is 2.25. The molecule has 1 aliphatic rings. The summed E-state index contributed by atoms with van der Waals surface area (Å²) in [7, 11) is 0. The molecule has 19 heavy (non-hydrogen) atoms. The molecule has 5 heteroatoms. The molecule has 100 valence electrons. The summed E-state index contributed by atoms with van der Waals surface area (Å²) in [4.78, 5) is 7.46. The van der Waals surface area contributed by atoms with Crippen molar-refractivity contribution >= 4 is 0 Å². The van der Waals surface area contributed by atoms with Gasteiger partial charge in [-0.1, -0.05) is 12.1 Å². The second kappa shape index (κ2) is 5.50. The summed E-state index contributed by atoms with van der Waals surface area (Å²) in [5, 5.41) is 3.28. The molecule has 1 unspecified atom stereocenters. The minimum absolute atomic E-state index is 0.133. The number of hydrogen-bond acceptors (Lipinski definition) is 3. The first-order valence-electron chi connectivity index (χ1n) is 6.44. The Labute approximate surface area is 111 Å². The van der Waals surface area contributed by atoms with E-state index in [0.29, 0.717) is 17.7 Å². The standard InChI is InChI=1S/C14H16FN3O/c15-12-4-2-1-3-11(12)13-9-17-14(18-13)7-10-8-16-5-6-19-10/h1-4,9-10,16H,5-8H2,(H,17,18). The molecule has 1 aliphatic heterocycles. The molecule has 1 atom stereocenters. The van der Waals surface area contributed by atoms with Crippen molar-refractivity contribution in [1.82, 2.24) is 15.3 Å². The first-order chi connectivity index (χ1) is 9.33. The van der Waals surface area contributed by atoms with Crippen LogP contribution in [0.2, 0.25) is 0 Å². The van der Waals surface area contributed by atoms with Gasteiger partial charge in [-0.2, -0.15) is 0 Å². The molecule has 1 aromatic heterocycles. The van der Waals surface area contributed by atoms with Gasteiger partial charge in [-0.3, -0.25) is 0 Å². The second-order valence-electron chi connectivity index (χ2n) is 4.62. The van der Waals surface area contributed by atoms with Gasteiger partial charge in [0.05, 0.1) is 24.6 Å². The third-order valence-corrected chi connectivity index (χ3v) is 3.22. The lowest BCUT2D eigenvalue weighted by Crippen LogP contribution is -2.39. The smallest absolute Gasteiger partial charge is 0.132 e. The van der Waals surface area contributed by atoms with Crippen LogP contribution < -0.4 is 5.32 Å². The normalized spacial score (nSPS) is 19.5. The molecule has 0 saturated carbocycles. The van der Waals surface area contributed by atoms with Crippen LogP contribution in [-0.4, -0.2) is 35.8 Å². The number of hydrogen-bond donors (Lipinski definition) is 2.